The summed E-state index contributed by atoms with van der Waals surface area (Å²) in [5.41, 5.74) is 6.07. The first kappa shape index (κ1) is 10.4. The minimum absolute atomic E-state index is 0.00873. The Bertz CT molecular complexity index is 301. The Morgan fingerprint density at radius 3 is 2.80 bits per heavy atom. The Labute approximate surface area is 90.7 Å². The van der Waals surface area contributed by atoms with Crippen molar-refractivity contribution in [3.63, 3.8) is 0 Å². The van der Waals surface area contributed by atoms with Gasteiger partial charge in [-0.1, -0.05) is 0 Å². The fraction of sp³-hybridized carbons (Fsp3) is 0.583. The predicted octanol–water partition coefficient (Wildman–Crippen LogP) is 2.12. The summed E-state index contributed by atoms with van der Waals surface area (Å²) in [5.74, 6) is 0.864. The molecule has 1 aromatic rings. The van der Waals surface area contributed by atoms with Crippen LogP contribution in [0.25, 0.3) is 0 Å². The van der Waals surface area contributed by atoms with Crippen molar-refractivity contribution in [2.45, 2.75) is 44.2 Å². The standard InChI is InChI=1S/C12H18N2O/c1-12(13)6-4-10(5-7-12)15-11-3-2-8-14-9-11/h2-3,8-10H,4-7,13H2,1H3/t10-,12-. The van der Waals surface area contributed by atoms with Crippen molar-refractivity contribution in [2.24, 2.45) is 5.73 Å². The second kappa shape index (κ2) is 4.19. The summed E-state index contributed by atoms with van der Waals surface area (Å²) in [5, 5.41) is 0. The molecule has 15 heavy (non-hydrogen) atoms. The molecule has 1 saturated carbocycles. The molecule has 0 radical (unpaired) electrons. The lowest BCUT2D eigenvalue weighted by atomic mass is 9.83. The van der Waals surface area contributed by atoms with Gasteiger partial charge in [-0.3, -0.25) is 4.98 Å². The minimum atomic E-state index is 0.00873. The summed E-state index contributed by atoms with van der Waals surface area (Å²) in [7, 11) is 0. The SMILES string of the molecule is C[C@]1(N)CC[C@H](Oc2cccnc2)CC1. The highest BCUT2D eigenvalue weighted by molar-refractivity contribution is 5.16. The van der Waals surface area contributed by atoms with Crippen LogP contribution >= 0.6 is 0 Å². The van der Waals surface area contributed by atoms with E-state index in [4.69, 9.17) is 10.5 Å². The first-order valence-electron chi connectivity index (χ1n) is 5.51. The number of hydrogen-bond acceptors (Lipinski definition) is 3. The normalized spacial score (nSPS) is 31.2. The molecule has 82 valence electrons. The van der Waals surface area contributed by atoms with Gasteiger partial charge in [-0.2, -0.15) is 0 Å². The van der Waals surface area contributed by atoms with E-state index in [1.807, 2.05) is 12.1 Å². The molecule has 2 N–H and O–H groups in total. The zero-order valence-electron chi connectivity index (χ0n) is 9.15. The van der Waals surface area contributed by atoms with E-state index >= 15 is 0 Å². The zero-order valence-corrected chi connectivity index (χ0v) is 9.15. The van der Waals surface area contributed by atoms with Gasteiger partial charge in [0.1, 0.15) is 5.75 Å². The van der Waals surface area contributed by atoms with E-state index in [1.165, 1.54) is 0 Å². The van der Waals surface area contributed by atoms with Crippen LogP contribution in [0, 0.1) is 0 Å². The van der Waals surface area contributed by atoms with Gasteiger partial charge in [0.05, 0.1) is 12.3 Å². The van der Waals surface area contributed by atoms with Gasteiger partial charge in [-0.25, -0.2) is 0 Å². The molecule has 0 bridgehead atoms. The average molecular weight is 206 g/mol. The van der Waals surface area contributed by atoms with Crippen LogP contribution in [-0.4, -0.2) is 16.6 Å². The third-order valence-electron chi connectivity index (χ3n) is 3.01. The van der Waals surface area contributed by atoms with Crippen molar-refractivity contribution in [3.8, 4) is 5.75 Å². The predicted molar refractivity (Wildman–Crippen MR) is 59.7 cm³/mol. The number of aromatic nitrogens is 1. The quantitative estimate of drug-likeness (QED) is 0.806. The molecule has 0 aliphatic heterocycles. The van der Waals surface area contributed by atoms with Crippen molar-refractivity contribution in [2.75, 3.05) is 0 Å². The maximum absolute atomic E-state index is 6.07. The van der Waals surface area contributed by atoms with E-state index in [0.717, 1.165) is 31.4 Å². The smallest absolute Gasteiger partial charge is 0.137 e. The average Bonchev–Trinajstić information content (AvgIpc) is 2.23. The van der Waals surface area contributed by atoms with Crippen LogP contribution in [0.2, 0.25) is 0 Å². The summed E-state index contributed by atoms with van der Waals surface area (Å²) in [4.78, 5) is 4.03. The van der Waals surface area contributed by atoms with Crippen LogP contribution in [0.3, 0.4) is 0 Å². The van der Waals surface area contributed by atoms with Gasteiger partial charge in [0.25, 0.3) is 0 Å². The third-order valence-corrected chi connectivity index (χ3v) is 3.01. The molecule has 0 amide bonds. The Morgan fingerprint density at radius 1 is 1.47 bits per heavy atom. The van der Waals surface area contributed by atoms with Crippen LogP contribution in [0.15, 0.2) is 24.5 Å². The van der Waals surface area contributed by atoms with Gasteiger partial charge in [0.2, 0.25) is 0 Å². The number of ether oxygens (including phenoxy) is 1. The molecule has 0 atom stereocenters. The Morgan fingerprint density at radius 2 is 2.20 bits per heavy atom. The van der Waals surface area contributed by atoms with Gasteiger partial charge in [-0.05, 0) is 44.7 Å². The number of nitrogens with zero attached hydrogens (tertiary/aromatic N) is 1. The second-order valence-corrected chi connectivity index (χ2v) is 4.66. The van der Waals surface area contributed by atoms with E-state index < -0.39 is 0 Å². The van der Waals surface area contributed by atoms with Crippen molar-refractivity contribution in [1.82, 2.24) is 4.98 Å². The molecule has 1 fully saturated rings. The Hall–Kier alpha value is -1.09. The van der Waals surface area contributed by atoms with Gasteiger partial charge >= 0.3 is 0 Å². The fourth-order valence-corrected chi connectivity index (χ4v) is 1.98. The maximum Gasteiger partial charge on any atom is 0.137 e. The van der Waals surface area contributed by atoms with Gasteiger partial charge in [0, 0.05) is 11.7 Å². The van der Waals surface area contributed by atoms with Crippen LogP contribution in [0.1, 0.15) is 32.6 Å². The van der Waals surface area contributed by atoms with Crippen LogP contribution in [-0.2, 0) is 0 Å². The van der Waals surface area contributed by atoms with Gasteiger partial charge in [0.15, 0.2) is 0 Å². The summed E-state index contributed by atoms with van der Waals surface area (Å²) < 4.78 is 5.83. The fourth-order valence-electron chi connectivity index (χ4n) is 1.98. The molecular weight excluding hydrogens is 188 g/mol. The molecule has 0 saturated heterocycles. The summed E-state index contributed by atoms with van der Waals surface area (Å²) in [6.45, 7) is 2.12. The van der Waals surface area contributed by atoms with E-state index in [2.05, 4.69) is 11.9 Å². The zero-order chi connectivity index (χ0) is 10.7. The Balaban J connectivity index is 1.88. The number of hydrogen-bond donors (Lipinski definition) is 1. The van der Waals surface area contributed by atoms with E-state index in [9.17, 15) is 0 Å². The molecule has 1 aliphatic carbocycles. The Kier molecular flexibility index (Phi) is 2.91. The van der Waals surface area contributed by atoms with E-state index in [1.54, 1.807) is 12.4 Å². The first-order chi connectivity index (χ1) is 7.16. The molecule has 0 aromatic carbocycles. The van der Waals surface area contributed by atoms with Crippen molar-refractivity contribution >= 4 is 0 Å². The lowest BCUT2D eigenvalue weighted by Crippen LogP contribution is -2.42. The topological polar surface area (TPSA) is 48.1 Å². The minimum Gasteiger partial charge on any atom is -0.489 e. The van der Waals surface area contributed by atoms with Gasteiger partial charge in [-0.15, -0.1) is 0 Å². The van der Waals surface area contributed by atoms with Crippen LogP contribution in [0.5, 0.6) is 5.75 Å². The molecule has 2 rings (SSSR count). The van der Waals surface area contributed by atoms with E-state index in [0.29, 0.717) is 6.10 Å². The summed E-state index contributed by atoms with van der Waals surface area (Å²) in [6.07, 6.45) is 7.99. The highest BCUT2D eigenvalue weighted by Crippen LogP contribution is 2.28. The molecule has 1 aromatic heterocycles. The molecule has 3 heteroatoms. The van der Waals surface area contributed by atoms with Crippen molar-refractivity contribution < 1.29 is 4.74 Å². The maximum atomic E-state index is 6.07. The highest BCUT2D eigenvalue weighted by atomic mass is 16.5. The molecule has 0 spiro atoms. The van der Waals surface area contributed by atoms with Crippen molar-refractivity contribution in [3.05, 3.63) is 24.5 Å². The number of nitrogens with two attached hydrogens (primary N) is 1. The molecule has 0 unspecified atom stereocenters. The molecule has 1 heterocycles. The lowest BCUT2D eigenvalue weighted by molar-refractivity contribution is 0.124. The highest BCUT2D eigenvalue weighted by Gasteiger charge is 2.28. The largest absolute Gasteiger partial charge is 0.489 e. The second-order valence-electron chi connectivity index (χ2n) is 4.66. The lowest BCUT2D eigenvalue weighted by Gasteiger charge is -2.34. The summed E-state index contributed by atoms with van der Waals surface area (Å²) in [6, 6.07) is 3.84. The molecule has 3 nitrogen and oxygen atoms in total. The summed E-state index contributed by atoms with van der Waals surface area (Å²) >= 11 is 0. The van der Waals surface area contributed by atoms with Crippen LogP contribution < -0.4 is 10.5 Å². The van der Waals surface area contributed by atoms with E-state index in [-0.39, 0.29) is 5.54 Å². The van der Waals surface area contributed by atoms with Gasteiger partial charge < -0.3 is 10.5 Å². The van der Waals surface area contributed by atoms with Crippen molar-refractivity contribution in [1.29, 1.82) is 0 Å². The van der Waals surface area contributed by atoms with Crippen LogP contribution in [0.4, 0.5) is 0 Å². The molecule has 1 aliphatic rings. The first-order valence-corrected chi connectivity index (χ1v) is 5.51. The monoisotopic (exact) mass is 206 g/mol. The third kappa shape index (κ3) is 2.93. The number of pyridine rings is 1. The number of rotatable bonds is 2. The molecular formula is C12H18N2O.